The molecular weight excluding hydrogens is 224 g/mol. The lowest BCUT2D eigenvalue weighted by atomic mass is 9.97. The molecule has 1 nitrogen and oxygen atoms in total. The molecular formula is C12H16OS2. The molecule has 0 aliphatic carbocycles. The van der Waals surface area contributed by atoms with E-state index in [4.69, 9.17) is 0 Å². The predicted octanol–water partition coefficient (Wildman–Crippen LogP) is 3.57. The summed E-state index contributed by atoms with van der Waals surface area (Å²) in [5, 5.41) is 10.4. The number of aliphatic hydroxyl groups excluding tert-OH is 1. The van der Waals surface area contributed by atoms with Gasteiger partial charge in [0, 0.05) is 4.75 Å². The van der Waals surface area contributed by atoms with Gasteiger partial charge in [-0.15, -0.1) is 0 Å². The molecule has 1 aliphatic heterocycles. The minimum atomic E-state index is -0.268. The Morgan fingerprint density at radius 3 is 2.27 bits per heavy atom. The molecule has 0 amide bonds. The van der Waals surface area contributed by atoms with Gasteiger partial charge in [-0.3, -0.25) is 0 Å². The molecule has 2 atom stereocenters. The van der Waals surface area contributed by atoms with Gasteiger partial charge in [0.25, 0.3) is 0 Å². The second kappa shape index (κ2) is 4.04. The normalized spacial score (nSPS) is 29.3. The van der Waals surface area contributed by atoms with Gasteiger partial charge in [0.2, 0.25) is 0 Å². The maximum atomic E-state index is 10.2. The number of aliphatic hydroxyl groups is 1. The third-order valence-electron chi connectivity index (χ3n) is 2.77. The van der Waals surface area contributed by atoms with E-state index in [-0.39, 0.29) is 16.1 Å². The van der Waals surface area contributed by atoms with Crippen molar-refractivity contribution in [3.05, 3.63) is 35.4 Å². The maximum Gasteiger partial charge on any atom is 0.0857 e. The third kappa shape index (κ3) is 2.19. The van der Waals surface area contributed by atoms with Gasteiger partial charge in [0.05, 0.1) is 11.4 Å². The van der Waals surface area contributed by atoms with E-state index in [2.05, 4.69) is 45.0 Å². The quantitative estimate of drug-likeness (QED) is 0.758. The Labute approximate surface area is 99.1 Å². The molecule has 0 radical (unpaired) electrons. The second-order valence-corrected chi connectivity index (χ2v) is 7.56. The number of hydrogen-bond donors (Lipinski definition) is 1. The molecule has 0 bridgehead atoms. The average Bonchev–Trinajstić information content (AvgIpc) is 2.45. The van der Waals surface area contributed by atoms with Crippen LogP contribution in [-0.4, -0.2) is 16.0 Å². The van der Waals surface area contributed by atoms with E-state index >= 15 is 0 Å². The van der Waals surface area contributed by atoms with Crippen molar-refractivity contribution < 1.29 is 5.11 Å². The lowest BCUT2D eigenvalue weighted by Gasteiger charge is -2.23. The van der Waals surface area contributed by atoms with Crippen LogP contribution in [-0.2, 0) is 0 Å². The van der Waals surface area contributed by atoms with Crippen molar-refractivity contribution in [3.63, 3.8) is 0 Å². The van der Waals surface area contributed by atoms with Crippen LogP contribution in [0.25, 0.3) is 0 Å². The summed E-state index contributed by atoms with van der Waals surface area (Å²) in [6.45, 7) is 6.29. The fourth-order valence-electron chi connectivity index (χ4n) is 1.64. The molecule has 1 aromatic rings. The van der Waals surface area contributed by atoms with Gasteiger partial charge in [-0.1, -0.05) is 51.4 Å². The Kier molecular flexibility index (Phi) is 3.06. The zero-order valence-electron chi connectivity index (χ0n) is 9.23. The summed E-state index contributed by atoms with van der Waals surface area (Å²) in [6, 6.07) is 8.47. The van der Waals surface area contributed by atoms with Crippen molar-refractivity contribution in [2.75, 3.05) is 0 Å². The molecule has 1 aromatic carbocycles. The summed E-state index contributed by atoms with van der Waals surface area (Å²) in [5.74, 6) is 0. The summed E-state index contributed by atoms with van der Waals surface area (Å²) < 4.78 is -0.0414. The molecule has 15 heavy (non-hydrogen) atoms. The van der Waals surface area contributed by atoms with Crippen molar-refractivity contribution in [2.24, 2.45) is 0 Å². The van der Waals surface area contributed by atoms with Crippen molar-refractivity contribution in [2.45, 2.75) is 36.9 Å². The lowest BCUT2D eigenvalue weighted by Crippen LogP contribution is -2.31. The minimum Gasteiger partial charge on any atom is -0.390 e. The number of benzene rings is 1. The summed E-state index contributed by atoms with van der Waals surface area (Å²) in [5.41, 5.74) is 2.50. The van der Waals surface area contributed by atoms with Crippen molar-refractivity contribution in [3.8, 4) is 0 Å². The van der Waals surface area contributed by atoms with Gasteiger partial charge in [0.15, 0.2) is 0 Å². The van der Waals surface area contributed by atoms with Crippen LogP contribution in [0.1, 0.15) is 30.2 Å². The number of rotatable bonds is 1. The summed E-state index contributed by atoms with van der Waals surface area (Å²) in [4.78, 5) is 0. The summed E-state index contributed by atoms with van der Waals surface area (Å²) in [7, 11) is 3.56. The van der Waals surface area contributed by atoms with Crippen LogP contribution < -0.4 is 0 Å². The first-order valence-electron chi connectivity index (χ1n) is 5.10. The molecule has 1 N–H and O–H groups in total. The first kappa shape index (κ1) is 11.4. The molecule has 1 saturated heterocycles. The van der Waals surface area contributed by atoms with Crippen molar-refractivity contribution >= 4 is 21.6 Å². The van der Waals surface area contributed by atoms with Crippen LogP contribution in [0.4, 0.5) is 0 Å². The van der Waals surface area contributed by atoms with Crippen LogP contribution in [0.2, 0.25) is 0 Å². The Morgan fingerprint density at radius 2 is 1.80 bits per heavy atom. The Balaban J connectivity index is 2.23. The van der Waals surface area contributed by atoms with Gasteiger partial charge in [-0.2, -0.15) is 0 Å². The van der Waals surface area contributed by atoms with Crippen molar-refractivity contribution in [1.82, 2.24) is 0 Å². The van der Waals surface area contributed by atoms with Crippen molar-refractivity contribution in [1.29, 1.82) is 0 Å². The van der Waals surface area contributed by atoms with E-state index in [9.17, 15) is 5.11 Å². The fourth-order valence-corrected chi connectivity index (χ4v) is 5.02. The highest BCUT2D eigenvalue weighted by molar-refractivity contribution is 8.77. The first-order chi connectivity index (χ1) is 7.00. The molecule has 3 heteroatoms. The number of aryl methyl sites for hydroxylation is 1. The zero-order chi connectivity index (χ0) is 11.1. The van der Waals surface area contributed by atoms with Crippen LogP contribution in [0.5, 0.6) is 0 Å². The van der Waals surface area contributed by atoms with Gasteiger partial charge in [0.1, 0.15) is 0 Å². The summed E-state index contributed by atoms with van der Waals surface area (Å²) >= 11 is 0. The van der Waals surface area contributed by atoms with Crippen LogP contribution in [0.3, 0.4) is 0 Å². The Morgan fingerprint density at radius 1 is 1.20 bits per heavy atom. The molecule has 0 spiro atoms. The standard InChI is InChI=1S/C12H16OS2/c1-8-4-6-9(7-5-8)10-11(13)12(2,3)15-14-10/h4-7,10-11,13H,1-3H3/t10-,11-/m0/s1. The van der Waals surface area contributed by atoms with E-state index in [1.807, 2.05) is 0 Å². The van der Waals surface area contributed by atoms with Crippen LogP contribution in [0, 0.1) is 6.92 Å². The largest absolute Gasteiger partial charge is 0.390 e. The molecule has 1 aliphatic rings. The van der Waals surface area contributed by atoms with E-state index in [1.54, 1.807) is 21.6 Å². The summed E-state index contributed by atoms with van der Waals surface area (Å²) in [6.07, 6.45) is -0.268. The minimum absolute atomic E-state index is 0.0414. The second-order valence-electron chi connectivity index (χ2n) is 4.56. The van der Waals surface area contributed by atoms with Crippen LogP contribution >= 0.6 is 21.6 Å². The Hall–Kier alpha value is -0.120. The van der Waals surface area contributed by atoms with Gasteiger partial charge in [-0.05, 0) is 26.3 Å². The molecule has 1 fully saturated rings. The third-order valence-corrected chi connectivity index (χ3v) is 6.48. The molecule has 0 saturated carbocycles. The van der Waals surface area contributed by atoms with Crippen LogP contribution in [0.15, 0.2) is 24.3 Å². The van der Waals surface area contributed by atoms with Gasteiger partial charge in [-0.25, -0.2) is 0 Å². The molecule has 82 valence electrons. The molecule has 0 aromatic heterocycles. The highest BCUT2D eigenvalue weighted by Crippen LogP contribution is 2.57. The van der Waals surface area contributed by atoms with E-state index in [1.165, 1.54) is 11.1 Å². The average molecular weight is 240 g/mol. The Bertz CT molecular complexity index is 345. The van der Waals surface area contributed by atoms with Gasteiger partial charge >= 0.3 is 0 Å². The monoisotopic (exact) mass is 240 g/mol. The lowest BCUT2D eigenvalue weighted by molar-refractivity contribution is 0.143. The molecule has 2 rings (SSSR count). The highest BCUT2D eigenvalue weighted by atomic mass is 33.1. The molecule has 1 heterocycles. The highest BCUT2D eigenvalue weighted by Gasteiger charge is 2.43. The van der Waals surface area contributed by atoms with E-state index in [0.717, 1.165) is 0 Å². The van der Waals surface area contributed by atoms with Gasteiger partial charge < -0.3 is 5.11 Å². The maximum absolute atomic E-state index is 10.2. The topological polar surface area (TPSA) is 20.2 Å². The fraction of sp³-hybridized carbons (Fsp3) is 0.500. The predicted molar refractivity (Wildman–Crippen MR) is 69.2 cm³/mol. The van der Waals surface area contributed by atoms with E-state index in [0.29, 0.717) is 0 Å². The number of hydrogen-bond acceptors (Lipinski definition) is 3. The smallest absolute Gasteiger partial charge is 0.0857 e. The molecule has 0 unspecified atom stereocenters. The van der Waals surface area contributed by atoms with E-state index < -0.39 is 0 Å². The SMILES string of the molecule is Cc1ccc([C@@H]2SSC(C)(C)[C@H]2O)cc1. The zero-order valence-corrected chi connectivity index (χ0v) is 10.9. The first-order valence-corrected chi connectivity index (χ1v) is 7.31.